The second-order valence-electron chi connectivity index (χ2n) is 6.45. The second-order valence-corrected chi connectivity index (χ2v) is 6.45. The maximum atomic E-state index is 12.5. The van der Waals surface area contributed by atoms with E-state index in [9.17, 15) is 9.59 Å². The van der Waals surface area contributed by atoms with E-state index >= 15 is 0 Å². The van der Waals surface area contributed by atoms with Gasteiger partial charge in [0, 0.05) is 19.3 Å². The summed E-state index contributed by atoms with van der Waals surface area (Å²) in [6, 6.07) is 13.3. The van der Waals surface area contributed by atoms with Crippen LogP contribution in [-0.4, -0.2) is 35.8 Å². The lowest BCUT2D eigenvalue weighted by molar-refractivity contribution is 0.0600. The van der Waals surface area contributed by atoms with Crippen LogP contribution in [0.4, 0.5) is 0 Å². The summed E-state index contributed by atoms with van der Waals surface area (Å²) >= 11 is 0. The third kappa shape index (κ3) is 2.93. The molecule has 1 aromatic heterocycles. The van der Waals surface area contributed by atoms with Gasteiger partial charge in [0.05, 0.1) is 23.7 Å². The molecule has 1 aliphatic rings. The third-order valence-corrected chi connectivity index (χ3v) is 4.89. The molecule has 2 heterocycles. The molecule has 6 heteroatoms. The molecule has 1 N–H and O–H groups in total. The average molecular weight is 352 g/mol. The van der Waals surface area contributed by atoms with E-state index in [2.05, 4.69) is 4.98 Å². The molecule has 26 heavy (non-hydrogen) atoms. The largest absolute Gasteiger partial charge is 0.465 e. The van der Waals surface area contributed by atoms with E-state index in [0.29, 0.717) is 18.8 Å². The van der Waals surface area contributed by atoms with E-state index in [1.54, 1.807) is 12.1 Å². The summed E-state index contributed by atoms with van der Waals surface area (Å²) in [5.41, 5.74) is 3.93. The standard InChI is InChI=1S/C20H20N2O4/c1-25-19(23)15-4-2-3-13(11-15)14-5-6-18-17(12-14)21-20(24)22(18)16-7-9-26-10-8-16/h2-6,11-12,16H,7-10H2,1H3,(H,21,24). The first-order chi connectivity index (χ1) is 12.7. The molecule has 0 spiro atoms. The fourth-order valence-electron chi connectivity index (χ4n) is 3.56. The highest BCUT2D eigenvalue weighted by Crippen LogP contribution is 2.27. The summed E-state index contributed by atoms with van der Waals surface area (Å²) in [6.07, 6.45) is 1.69. The summed E-state index contributed by atoms with van der Waals surface area (Å²) in [7, 11) is 1.37. The number of aromatic nitrogens is 2. The molecule has 0 radical (unpaired) electrons. The average Bonchev–Trinajstić information content (AvgIpc) is 3.03. The summed E-state index contributed by atoms with van der Waals surface area (Å²) < 4.78 is 12.0. The Balaban J connectivity index is 1.75. The quantitative estimate of drug-likeness (QED) is 0.735. The zero-order valence-electron chi connectivity index (χ0n) is 14.5. The first-order valence-corrected chi connectivity index (χ1v) is 8.68. The van der Waals surface area contributed by atoms with Crippen LogP contribution in [0.25, 0.3) is 22.2 Å². The minimum absolute atomic E-state index is 0.0904. The number of ether oxygens (including phenoxy) is 2. The van der Waals surface area contributed by atoms with Gasteiger partial charge in [0.1, 0.15) is 0 Å². The van der Waals surface area contributed by atoms with Gasteiger partial charge in [-0.2, -0.15) is 0 Å². The molecule has 1 aliphatic heterocycles. The number of hydrogen-bond donors (Lipinski definition) is 1. The lowest BCUT2D eigenvalue weighted by Crippen LogP contribution is -2.27. The van der Waals surface area contributed by atoms with Crippen LogP contribution >= 0.6 is 0 Å². The Morgan fingerprint density at radius 1 is 1.15 bits per heavy atom. The van der Waals surface area contributed by atoms with Crippen molar-refractivity contribution in [1.29, 1.82) is 0 Å². The number of aromatic amines is 1. The summed E-state index contributed by atoms with van der Waals surface area (Å²) in [6.45, 7) is 1.37. The summed E-state index contributed by atoms with van der Waals surface area (Å²) in [5.74, 6) is -0.369. The minimum Gasteiger partial charge on any atom is -0.465 e. The molecule has 3 aromatic rings. The summed E-state index contributed by atoms with van der Waals surface area (Å²) in [4.78, 5) is 27.2. The van der Waals surface area contributed by atoms with Crippen molar-refractivity contribution in [2.75, 3.05) is 20.3 Å². The smallest absolute Gasteiger partial charge is 0.337 e. The predicted octanol–water partition coefficient (Wildman–Crippen LogP) is 3.13. The predicted molar refractivity (Wildman–Crippen MR) is 98.4 cm³/mol. The van der Waals surface area contributed by atoms with E-state index in [-0.39, 0.29) is 17.7 Å². The Morgan fingerprint density at radius 3 is 2.69 bits per heavy atom. The van der Waals surface area contributed by atoms with Crippen molar-refractivity contribution in [3.05, 3.63) is 58.5 Å². The van der Waals surface area contributed by atoms with Crippen LogP contribution in [0.15, 0.2) is 47.3 Å². The van der Waals surface area contributed by atoms with Gasteiger partial charge < -0.3 is 14.5 Å². The highest BCUT2D eigenvalue weighted by molar-refractivity contribution is 5.91. The van der Waals surface area contributed by atoms with Gasteiger partial charge in [-0.3, -0.25) is 4.57 Å². The highest BCUT2D eigenvalue weighted by atomic mass is 16.5. The van der Waals surface area contributed by atoms with Crippen LogP contribution in [0.2, 0.25) is 0 Å². The van der Waals surface area contributed by atoms with Gasteiger partial charge in [0.15, 0.2) is 0 Å². The Kier molecular flexibility index (Phi) is 4.34. The Hall–Kier alpha value is -2.86. The zero-order valence-corrected chi connectivity index (χ0v) is 14.5. The number of carbonyl (C=O) groups excluding carboxylic acids is 1. The van der Waals surface area contributed by atoms with E-state index in [1.807, 2.05) is 34.9 Å². The lowest BCUT2D eigenvalue weighted by Gasteiger charge is -2.23. The first kappa shape index (κ1) is 16.6. The maximum absolute atomic E-state index is 12.5. The van der Waals surface area contributed by atoms with Crippen LogP contribution in [-0.2, 0) is 9.47 Å². The van der Waals surface area contributed by atoms with Crippen LogP contribution in [0.1, 0.15) is 29.2 Å². The molecule has 4 rings (SSSR count). The molecule has 1 fully saturated rings. The van der Waals surface area contributed by atoms with Crippen LogP contribution in [0.3, 0.4) is 0 Å². The van der Waals surface area contributed by atoms with Gasteiger partial charge in [0.25, 0.3) is 0 Å². The molecule has 0 aliphatic carbocycles. The van der Waals surface area contributed by atoms with Crippen molar-refractivity contribution in [3.8, 4) is 11.1 Å². The van der Waals surface area contributed by atoms with E-state index in [1.165, 1.54) is 7.11 Å². The van der Waals surface area contributed by atoms with Crippen molar-refractivity contribution in [3.63, 3.8) is 0 Å². The van der Waals surface area contributed by atoms with Gasteiger partial charge >= 0.3 is 11.7 Å². The monoisotopic (exact) mass is 352 g/mol. The Morgan fingerprint density at radius 2 is 1.92 bits per heavy atom. The number of nitrogens with one attached hydrogen (secondary N) is 1. The molecule has 0 atom stereocenters. The molecule has 134 valence electrons. The van der Waals surface area contributed by atoms with Crippen molar-refractivity contribution < 1.29 is 14.3 Å². The van der Waals surface area contributed by atoms with Crippen LogP contribution in [0, 0.1) is 0 Å². The van der Waals surface area contributed by atoms with E-state index < -0.39 is 0 Å². The van der Waals surface area contributed by atoms with Gasteiger partial charge in [0.2, 0.25) is 0 Å². The number of esters is 1. The number of imidazole rings is 1. The fourth-order valence-corrected chi connectivity index (χ4v) is 3.56. The van der Waals surface area contributed by atoms with Crippen LogP contribution < -0.4 is 5.69 Å². The number of hydrogen-bond acceptors (Lipinski definition) is 4. The van der Waals surface area contributed by atoms with E-state index in [4.69, 9.17) is 9.47 Å². The normalized spacial score (nSPS) is 15.3. The number of methoxy groups -OCH3 is 1. The van der Waals surface area contributed by atoms with Crippen molar-refractivity contribution in [2.45, 2.75) is 18.9 Å². The number of nitrogens with zero attached hydrogens (tertiary/aromatic N) is 1. The van der Waals surface area contributed by atoms with Gasteiger partial charge in [-0.25, -0.2) is 9.59 Å². The number of fused-ring (bicyclic) bond motifs is 1. The zero-order chi connectivity index (χ0) is 18.1. The van der Waals surface area contributed by atoms with Crippen molar-refractivity contribution in [2.24, 2.45) is 0 Å². The highest BCUT2D eigenvalue weighted by Gasteiger charge is 2.20. The molecule has 0 amide bonds. The summed E-state index contributed by atoms with van der Waals surface area (Å²) in [5, 5.41) is 0. The molecule has 6 nitrogen and oxygen atoms in total. The molecular weight excluding hydrogens is 332 g/mol. The van der Waals surface area contributed by atoms with Crippen molar-refractivity contribution in [1.82, 2.24) is 9.55 Å². The van der Waals surface area contributed by atoms with E-state index in [0.717, 1.165) is 35.0 Å². The Bertz CT molecular complexity index is 1010. The molecule has 0 saturated carbocycles. The topological polar surface area (TPSA) is 73.3 Å². The molecule has 2 aromatic carbocycles. The first-order valence-electron chi connectivity index (χ1n) is 8.68. The van der Waals surface area contributed by atoms with Crippen LogP contribution in [0.5, 0.6) is 0 Å². The molecule has 0 unspecified atom stereocenters. The second kappa shape index (κ2) is 6.80. The van der Waals surface area contributed by atoms with Gasteiger partial charge in [-0.05, 0) is 48.2 Å². The number of benzene rings is 2. The number of carbonyl (C=O) groups is 1. The van der Waals surface area contributed by atoms with Gasteiger partial charge in [-0.1, -0.05) is 18.2 Å². The molecule has 1 saturated heterocycles. The SMILES string of the molecule is COC(=O)c1cccc(-c2ccc3c(c2)[nH]c(=O)n3C2CCOCC2)c1. The number of rotatable bonds is 3. The maximum Gasteiger partial charge on any atom is 0.337 e. The molecule has 0 bridgehead atoms. The number of H-pyrrole nitrogens is 1. The molecular formula is C20H20N2O4. The minimum atomic E-state index is -0.369. The Labute approximate surface area is 150 Å². The fraction of sp³-hybridized carbons (Fsp3) is 0.300. The van der Waals surface area contributed by atoms with Crippen molar-refractivity contribution >= 4 is 17.0 Å². The lowest BCUT2D eigenvalue weighted by atomic mass is 10.0. The van der Waals surface area contributed by atoms with Gasteiger partial charge in [-0.15, -0.1) is 0 Å². The third-order valence-electron chi connectivity index (χ3n) is 4.89.